The summed E-state index contributed by atoms with van der Waals surface area (Å²) in [4.78, 5) is 0. The van der Waals surface area contributed by atoms with Gasteiger partial charge in [0.2, 0.25) is 0 Å². The lowest BCUT2D eigenvalue weighted by atomic mass is 10.1. The minimum atomic E-state index is -4.53. The quantitative estimate of drug-likeness (QED) is 0.671. The van der Waals surface area contributed by atoms with Gasteiger partial charge in [0.05, 0.1) is 12.1 Å². The molecule has 1 aromatic carbocycles. The Hall–Kier alpha value is -1.70. The third-order valence-corrected chi connectivity index (χ3v) is 2.69. The van der Waals surface area contributed by atoms with Crippen molar-refractivity contribution in [1.29, 1.82) is 0 Å². The monoisotopic (exact) mass is 291 g/mol. The van der Waals surface area contributed by atoms with Crippen LogP contribution in [0.3, 0.4) is 0 Å². The van der Waals surface area contributed by atoms with E-state index >= 15 is 0 Å². The van der Waals surface area contributed by atoms with E-state index < -0.39 is 17.6 Å². The van der Waals surface area contributed by atoms with Gasteiger partial charge in [0.25, 0.3) is 0 Å². The number of alkyl halides is 3. The molecular formula is C11H9F4N3S. The first kappa shape index (κ1) is 13.7. The summed E-state index contributed by atoms with van der Waals surface area (Å²) in [5.41, 5.74) is -1.05. The number of nitrogens with zero attached hydrogens (tertiary/aromatic N) is 2. The molecule has 0 fully saturated rings. The van der Waals surface area contributed by atoms with Crippen molar-refractivity contribution in [3.8, 4) is 0 Å². The summed E-state index contributed by atoms with van der Waals surface area (Å²) in [5, 5.41) is 3.92. The van der Waals surface area contributed by atoms with Crippen LogP contribution in [0.15, 0.2) is 30.5 Å². The molecule has 0 saturated heterocycles. The highest BCUT2D eigenvalue weighted by Crippen LogP contribution is 2.32. The molecule has 0 saturated carbocycles. The third kappa shape index (κ3) is 3.19. The Morgan fingerprint density at radius 2 is 2.00 bits per heavy atom. The van der Waals surface area contributed by atoms with Crippen molar-refractivity contribution in [3.05, 3.63) is 47.4 Å². The Morgan fingerprint density at radius 3 is 2.58 bits per heavy atom. The van der Waals surface area contributed by atoms with Crippen LogP contribution in [0.2, 0.25) is 0 Å². The van der Waals surface area contributed by atoms with E-state index in [0.29, 0.717) is 5.82 Å². The first-order valence-corrected chi connectivity index (χ1v) is 5.64. The highest BCUT2D eigenvalue weighted by Gasteiger charge is 2.33. The van der Waals surface area contributed by atoms with Crippen LogP contribution in [-0.2, 0) is 12.7 Å². The van der Waals surface area contributed by atoms with Gasteiger partial charge in [-0.1, -0.05) is 12.8 Å². The Labute approximate surface area is 111 Å². The molecule has 8 heteroatoms. The fourth-order valence-electron chi connectivity index (χ4n) is 1.65. The second kappa shape index (κ2) is 5.12. The van der Waals surface area contributed by atoms with Crippen molar-refractivity contribution < 1.29 is 17.6 Å². The Morgan fingerprint density at radius 1 is 1.26 bits per heavy atom. The minimum absolute atomic E-state index is 0.179. The molecule has 0 aliphatic carbocycles. The highest BCUT2D eigenvalue weighted by atomic mass is 32.1. The van der Waals surface area contributed by atoms with Crippen molar-refractivity contribution in [1.82, 2.24) is 9.78 Å². The SMILES string of the molecule is Fc1ccc(C(F)(F)F)c(Cn2ccc(NS)n2)c1. The van der Waals surface area contributed by atoms with Crippen LogP contribution in [0.5, 0.6) is 0 Å². The standard InChI is InChI=1S/C11H9F4N3S/c12-8-1-2-9(11(13,14)15)7(5-8)6-18-4-3-10(16-18)17-19/h1-5,19H,6H2,(H,16,17). The van der Waals surface area contributed by atoms with E-state index in [0.717, 1.165) is 18.2 Å². The van der Waals surface area contributed by atoms with Crippen molar-refractivity contribution in [2.24, 2.45) is 0 Å². The van der Waals surface area contributed by atoms with Gasteiger partial charge in [-0.25, -0.2) is 4.39 Å². The molecule has 0 bridgehead atoms. The van der Waals surface area contributed by atoms with E-state index in [1.54, 1.807) is 6.07 Å². The van der Waals surface area contributed by atoms with Gasteiger partial charge in [-0.3, -0.25) is 4.68 Å². The predicted octanol–water partition coefficient (Wildman–Crippen LogP) is 3.35. The zero-order valence-corrected chi connectivity index (χ0v) is 10.3. The largest absolute Gasteiger partial charge is 0.416 e. The Balaban J connectivity index is 2.35. The summed E-state index contributed by atoms with van der Waals surface area (Å²) in [6.07, 6.45) is -3.05. The molecular weight excluding hydrogens is 282 g/mol. The maximum absolute atomic E-state index is 13.1. The lowest BCUT2D eigenvalue weighted by molar-refractivity contribution is -0.138. The summed E-state index contributed by atoms with van der Waals surface area (Å²) >= 11 is 3.77. The van der Waals surface area contributed by atoms with Crippen LogP contribution in [0.1, 0.15) is 11.1 Å². The van der Waals surface area contributed by atoms with Gasteiger partial charge in [-0.2, -0.15) is 18.3 Å². The van der Waals surface area contributed by atoms with E-state index in [1.165, 1.54) is 10.9 Å². The van der Waals surface area contributed by atoms with E-state index in [1.807, 2.05) is 0 Å². The Kier molecular flexibility index (Phi) is 3.70. The number of anilines is 1. The summed E-state index contributed by atoms with van der Waals surface area (Å²) in [5.74, 6) is -0.323. The number of rotatable bonds is 3. The summed E-state index contributed by atoms with van der Waals surface area (Å²) in [6.45, 7) is -0.179. The average Bonchev–Trinajstić information content (AvgIpc) is 2.75. The predicted molar refractivity (Wildman–Crippen MR) is 65.3 cm³/mol. The van der Waals surface area contributed by atoms with Gasteiger partial charge in [-0.15, -0.1) is 0 Å². The molecule has 102 valence electrons. The third-order valence-electron chi connectivity index (χ3n) is 2.46. The van der Waals surface area contributed by atoms with Gasteiger partial charge in [0.1, 0.15) is 5.82 Å². The van der Waals surface area contributed by atoms with E-state index in [-0.39, 0.29) is 12.1 Å². The zero-order chi connectivity index (χ0) is 14.0. The maximum atomic E-state index is 13.1. The molecule has 1 aromatic heterocycles. The summed E-state index contributed by atoms with van der Waals surface area (Å²) in [6, 6.07) is 3.92. The van der Waals surface area contributed by atoms with Crippen LogP contribution in [-0.4, -0.2) is 9.78 Å². The summed E-state index contributed by atoms with van der Waals surface area (Å²) < 4.78 is 55.1. The molecule has 0 unspecified atom stereocenters. The van der Waals surface area contributed by atoms with Crippen molar-refractivity contribution in [3.63, 3.8) is 0 Å². The van der Waals surface area contributed by atoms with Crippen LogP contribution >= 0.6 is 12.8 Å². The number of halogens is 4. The smallest absolute Gasteiger partial charge is 0.316 e. The number of benzene rings is 1. The lowest BCUT2D eigenvalue weighted by Crippen LogP contribution is -2.12. The number of nitrogens with one attached hydrogen (secondary N) is 1. The molecule has 0 aliphatic rings. The van der Waals surface area contributed by atoms with Crippen LogP contribution in [0.25, 0.3) is 0 Å². The number of aromatic nitrogens is 2. The normalized spacial score (nSPS) is 11.6. The number of hydrogen-bond donors (Lipinski definition) is 2. The molecule has 2 aromatic rings. The van der Waals surface area contributed by atoms with Gasteiger partial charge in [-0.05, 0) is 23.8 Å². The summed E-state index contributed by atoms with van der Waals surface area (Å²) in [7, 11) is 0. The van der Waals surface area contributed by atoms with E-state index in [2.05, 4.69) is 22.6 Å². The highest BCUT2D eigenvalue weighted by molar-refractivity contribution is 7.81. The second-order valence-electron chi connectivity index (χ2n) is 3.81. The van der Waals surface area contributed by atoms with Crippen molar-refractivity contribution >= 4 is 18.6 Å². The minimum Gasteiger partial charge on any atom is -0.316 e. The first-order chi connectivity index (χ1) is 8.90. The number of hydrogen-bond acceptors (Lipinski definition) is 3. The van der Waals surface area contributed by atoms with Crippen LogP contribution < -0.4 is 4.72 Å². The van der Waals surface area contributed by atoms with Crippen molar-refractivity contribution in [2.75, 3.05) is 4.72 Å². The molecule has 0 radical (unpaired) electrons. The van der Waals surface area contributed by atoms with E-state index in [4.69, 9.17) is 0 Å². The van der Waals surface area contributed by atoms with Crippen LogP contribution in [0.4, 0.5) is 23.4 Å². The Bertz CT molecular complexity index is 580. The molecule has 1 N–H and O–H groups in total. The molecule has 0 aliphatic heterocycles. The molecule has 19 heavy (non-hydrogen) atoms. The van der Waals surface area contributed by atoms with Crippen molar-refractivity contribution in [2.45, 2.75) is 12.7 Å². The molecule has 2 rings (SSSR count). The fraction of sp³-hybridized carbons (Fsp3) is 0.182. The second-order valence-corrected chi connectivity index (χ2v) is 4.03. The van der Waals surface area contributed by atoms with Crippen LogP contribution in [0, 0.1) is 5.82 Å². The zero-order valence-electron chi connectivity index (χ0n) is 9.45. The molecule has 1 heterocycles. The number of thiol groups is 1. The van der Waals surface area contributed by atoms with Gasteiger partial charge < -0.3 is 4.72 Å². The topological polar surface area (TPSA) is 29.9 Å². The lowest BCUT2D eigenvalue weighted by Gasteiger charge is -2.12. The van der Waals surface area contributed by atoms with Gasteiger partial charge >= 0.3 is 6.18 Å². The van der Waals surface area contributed by atoms with Gasteiger partial charge in [0.15, 0.2) is 5.82 Å². The first-order valence-electron chi connectivity index (χ1n) is 5.19. The van der Waals surface area contributed by atoms with Gasteiger partial charge in [0, 0.05) is 12.3 Å². The molecule has 0 spiro atoms. The van der Waals surface area contributed by atoms with E-state index in [9.17, 15) is 17.6 Å². The molecule has 3 nitrogen and oxygen atoms in total. The maximum Gasteiger partial charge on any atom is 0.416 e. The average molecular weight is 291 g/mol. The molecule has 0 atom stereocenters. The molecule has 0 amide bonds. The fourth-order valence-corrected chi connectivity index (χ4v) is 1.77.